The van der Waals surface area contributed by atoms with Crippen LogP contribution in [0.2, 0.25) is 0 Å². The quantitative estimate of drug-likeness (QED) is 0.617. The first-order valence-corrected chi connectivity index (χ1v) is 10.4. The fourth-order valence-corrected chi connectivity index (χ4v) is 3.95. The van der Waals surface area contributed by atoms with Crippen LogP contribution in [0, 0.1) is 5.41 Å². The van der Waals surface area contributed by atoms with Gasteiger partial charge in [-0.2, -0.15) is 0 Å². The Balaban J connectivity index is 1.96. The molecule has 0 aliphatic carbocycles. The van der Waals surface area contributed by atoms with Crippen LogP contribution in [0.25, 0.3) is 0 Å². The smallest absolute Gasteiger partial charge is 0.182 e. The zero-order chi connectivity index (χ0) is 23.3. The van der Waals surface area contributed by atoms with E-state index in [1.165, 1.54) is 13.2 Å². The van der Waals surface area contributed by atoms with Gasteiger partial charge in [0.1, 0.15) is 23.1 Å². The number of carbonyl (C=O) groups is 1. The standard InChI is InChI=1S/C25H32N2O4/c1-24(2,3)17-9-14(10-18(22(17)30)25(4,5)6)20(29)13-27-12-15-8-16(31-7)11-19(28)21(15)23(27)26/h8-11,26,28,30H,12-13H2,1-7H3. The molecular formula is C25H32N2O4. The van der Waals surface area contributed by atoms with Crippen molar-refractivity contribution in [2.75, 3.05) is 13.7 Å². The van der Waals surface area contributed by atoms with Gasteiger partial charge in [0.25, 0.3) is 0 Å². The van der Waals surface area contributed by atoms with Crippen molar-refractivity contribution in [1.29, 1.82) is 5.41 Å². The minimum atomic E-state index is -0.334. The first-order chi connectivity index (χ1) is 14.2. The molecule has 166 valence electrons. The first-order valence-electron chi connectivity index (χ1n) is 10.4. The molecule has 1 aliphatic heterocycles. The van der Waals surface area contributed by atoms with Crippen LogP contribution in [0.15, 0.2) is 24.3 Å². The lowest BCUT2D eigenvalue weighted by Gasteiger charge is -2.28. The van der Waals surface area contributed by atoms with Gasteiger partial charge in [-0.1, -0.05) is 41.5 Å². The predicted molar refractivity (Wildman–Crippen MR) is 122 cm³/mol. The van der Waals surface area contributed by atoms with Crippen LogP contribution in [0.1, 0.15) is 74.2 Å². The number of Topliss-reactive ketones (excluding diaryl/α,β-unsaturated/α-hetero) is 1. The zero-order valence-electron chi connectivity index (χ0n) is 19.4. The van der Waals surface area contributed by atoms with Crippen molar-refractivity contribution < 1.29 is 19.7 Å². The maximum absolute atomic E-state index is 13.3. The van der Waals surface area contributed by atoms with E-state index in [0.717, 1.165) is 16.7 Å². The third-order valence-corrected chi connectivity index (χ3v) is 5.71. The highest BCUT2D eigenvalue weighted by Crippen LogP contribution is 2.40. The van der Waals surface area contributed by atoms with E-state index in [2.05, 4.69) is 0 Å². The topological polar surface area (TPSA) is 93.8 Å². The van der Waals surface area contributed by atoms with Crippen molar-refractivity contribution >= 4 is 11.6 Å². The Bertz CT molecular complexity index is 1020. The number of rotatable bonds is 4. The van der Waals surface area contributed by atoms with E-state index in [1.54, 1.807) is 23.1 Å². The molecule has 0 aromatic heterocycles. The number of fused-ring (bicyclic) bond motifs is 1. The molecule has 0 fully saturated rings. The van der Waals surface area contributed by atoms with Gasteiger partial charge < -0.3 is 19.8 Å². The van der Waals surface area contributed by atoms with Crippen molar-refractivity contribution in [3.8, 4) is 17.2 Å². The number of nitrogens with one attached hydrogen (secondary N) is 1. The molecule has 0 unspecified atom stereocenters. The average molecular weight is 425 g/mol. The summed E-state index contributed by atoms with van der Waals surface area (Å²) in [6.45, 7) is 12.4. The van der Waals surface area contributed by atoms with Gasteiger partial charge >= 0.3 is 0 Å². The molecule has 3 rings (SSSR count). The first kappa shape index (κ1) is 22.7. The van der Waals surface area contributed by atoms with Gasteiger partial charge in [-0.3, -0.25) is 10.2 Å². The Morgan fingerprint density at radius 2 is 1.58 bits per heavy atom. The average Bonchev–Trinajstić information content (AvgIpc) is 2.95. The summed E-state index contributed by atoms with van der Waals surface area (Å²) >= 11 is 0. The monoisotopic (exact) mass is 424 g/mol. The molecule has 0 atom stereocenters. The summed E-state index contributed by atoms with van der Waals surface area (Å²) < 4.78 is 5.20. The highest BCUT2D eigenvalue weighted by atomic mass is 16.5. The van der Waals surface area contributed by atoms with Crippen LogP contribution in [-0.2, 0) is 17.4 Å². The third kappa shape index (κ3) is 4.24. The third-order valence-electron chi connectivity index (χ3n) is 5.71. The number of nitrogens with zero attached hydrogens (tertiary/aromatic N) is 1. The lowest BCUT2D eigenvalue weighted by Crippen LogP contribution is -2.30. The van der Waals surface area contributed by atoms with Crippen molar-refractivity contribution in [3.05, 3.63) is 52.1 Å². The summed E-state index contributed by atoms with van der Waals surface area (Å²) in [7, 11) is 1.52. The molecule has 0 radical (unpaired) electrons. The van der Waals surface area contributed by atoms with Crippen LogP contribution in [0.5, 0.6) is 17.2 Å². The number of ether oxygens (including phenoxy) is 1. The van der Waals surface area contributed by atoms with Crippen LogP contribution in [-0.4, -0.2) is 40.4 Å². The van der Waals surface area contributed by atoms with Crippen molar-refractivity contribution in [2.45, 2.75) is 58.9 Å². The molecule has 0 saturated carbocycles. The van der Waals surface area contributed by atoms with Crippen molar-refractivity contribution in [1.82, 2.24) is 4.90 Å². The summed E-state index contributed by atoms with van der Waals surface area (Å²) in [5.41, 5.74) is 2.49. The predicted octanol–water partition coefficient (Wildman–Crippen LogP) is 4.73. The van der Waals surface area contributed by atoms with Crippen molar-refractivity contribution in [2.24, 2.45) is 0 Å². The van der Waals surface area contributed by atoms with E-state index in [1.807, 2.05) is 41.5 Å². The number of methoxy groups -OCH3 is 1. The summed E-state index contributed by atoms with van der Waals surface area (Å²) in [6.07, 6.45) is 0. The molecule has 6 heteroatoms. The number of hydrogen-bond acceptors (Lipinski definition) is 5. The number of amidine groups is 1. The molecular weight excluding hydrogens is 392 g/mol. The van der Waals surface area contributed by atoms with Gasteiger partial charge in [0.2, 0.25) is 0 Å². The fourth-order valence-electron chi connectivity index (χ4n) is 3.95. The molecule has 0 amide bonds. The van der Waals surface area contributed by atoms with Gasteiger partial charge in [0, 0.05) is 29.3 Å². The van der Waals surface area contributed by atoms with Gasteiger partial charge in [-0.25, -0.2) is 0 Å². The molecule has 2 aromatic carbocycles. The maximum Gasteiger partial charge on any atom is 0.182 e. The summed E-state index contributed by atoms with van der Waals surface area (Å²) in [4.78, 5) is 14.9. The van der Waals surface area contributed by atoms with E-state index in [4.69, 9.17) is 10.1 Å². The molecule has 3 N–H and O–H groups in total. The van der Waals surface area contributed by atoms with Gasteiger partial charge in [0.05, 0.1) is 19.2 Å². The number of ketones is 1. The number of phenolic OH excluding ortho intramolecular Hbond substituents is 2. The summed E-state index contributed by atoms with van der Waals surface area (Å²) in [5.74, 6) is 0.702. The fraction of sp³-hybridized carbons (Fsp3) is 0.440. The second-order valence-electron chi connectivity index (χ2n) is 10.2. The SMILES string of the molecule is COc1cc(O)c2c(c1)CN(CC(=O)c1cc(C(C)(C)C)c(O)c(C(C)(C)C)c1)C2=N. The van der Waals surface area contributed by atoms with Gasteiger partial charge in [0.15, 0.2) is 5.78 Å². The van der Waals surface area contributed by atoms with Crippen LogP contribution >= 0.6 is 0 Å². The normalized spacial score (nSPS) is 14.0. The second kappa shape index (κ2) is 7.59. The molecule has 6 nitrogen and oxygen atoms in total. The Kier molecular flexibility index (Phi) is 5.55. The Labute approximate surface area is 184 Å². The molecule has 0 bridgehead atoms. The van der Waals surface area contributed by atoms with Gasteiger partial charge in [-0.05, 0) is 34.6 Å². The van der Waals surface area contributed by atoms with Crippen LogP contribution in [0.3, 0.4) is 0 Å². The molecule has 0 saturated heterocycles. The Hall–Kier alpha value is -3.02. The van der Waals surface area contributed by atoms with E-state index in [-0.39, 0.29) is 40.5 Å². The van der Waals surface area contributed by atoms with Crippen LogP contribution in [0.4, 0.5) is 0 Å². The molecule has 1 aliphatic rings. The number of carbonyl (C=O) groups excluding carboxylic acids is 1. The Morgan fingerprint density at radius 3 is 2.06 bits per heavy atom. The van der Waals surface area contributed by atoms with Gasteiger partial charge in [-0.15, -0.1) is 0 Å². The lowest BCUT2D eigenvalue weighted by molar-refractivity contribution is 0.0962. The molecule has 2 aromatic rings. The number of phenols is 2. The van der Waals surface area contributed by atoms with E-state index < -0.39 is 0 Å². The summed E-state index contributed by atoms with van der Waals surface area (Å²) in [6, 6.07) is 6.79. The molecule has 0 spiro atoms. The minimum absolute atomic E-state index is 0.00715. The zero-order valence-corrected chi connectivity index (χ0v) is 19.4. The van der Waals surface area contributed by atoms with E-state index in [0.29, 0.717) is 23.4 Å². The number of hydrogen-bond donors (Lipinski definition) is 3. The Morgan fingerprint density at radius 1 is 1.03 bits per heavy atom. The largest absolute Gasteiger partial charge is 0.507 e. The second-order valence-corrected chi connectivity index (χ2v) is 10.2. The van der Waals surface area contributed by atoms with Crippen LogP contribution < -0.4 is 4.74 Å². The highest BCUT2D eigenvalue weighted by molar-refractivity contribution is 6.07. The summed E-state index contributed by atoms with van der Waals surface area (Å²) in [5, 5.41) is 29.7. The van der Waals surface area contributed by atoms with Crippen molar-refractivity contribution in [3.63, 3.8) is 0 Å². The molecule has 1 heterocycles. The van der Waals surface area contributed by atoms with E-state index >= 15 is 0 Å². The number of aromatic hydroxyl groups is 2. The van der Waals surface area contributed by atoms with E-state index in [9.17, 15) is 15.0 Å². The number of benzene rings is 2. The highest BCUT2D eigenvalue weighted by Gasteiger charge is 2.31. The minimum Gasteiger partial charge on any atom is -0.507 e. The lowest BCUT2D eigenvalue weighted by atomic mass is 9.78. The maximum atomic E-state index is 13.3. The molecule has 31 heavy (non-hydrogen) atoms.